The van der Waals surface area contributed by atoms with Gasteiger partial charge in [-0.15, -0.1) is 0 Å². The van der Waals surface area contributed by atoms with Crippen LogP contribution in [0.4, 0.5) is 0 Å². The van der Waals surface area contributed by atoms with Crippen molar-refractivity contribution in [2.75, 3.05) is 6.61 Å². The molecule has 1 aromatic carbocycles. The van der Waals surface area contributed by atoms with E-state index >= 15 is 0 Å². The van der Waals surface area contributed by atoms with Crippen LogP contribution in [0.3, 0.4) is 0 Å². The third-order valence-electron chi connectivity index (χ3n) is 2.27. The predicted molar refractivity (Wildman–Crippen MR) is 63.0 cm³/mol. The Balaban J connectivity index is 2.72. The topological polar surface area (TPSA) is 22.1 Å². The number of nitrogens with zero attached hydrogens (tertiary/aromatic N) is 1. The minimum Gasteiger partial charge on any atom is -0.491 e. The molecule has 0 radical (unpaired) electrons. The molecule has 2 nitrogen and oxygen atoms in total. The summed E-state index contributed by atoms with van der Waals surface area (Å²) in [6, 6.07) is 7.98. The quantitative estimate of drug-likeness (QED) is 0.756. The first kappa shape index (κ1) is 9.71. The van der Waals surface area contributed by atoms with Crippen molar-refractivity contribution in [3.8, 4) is 5.75 Å². The minimum absolute atomic E-state index is 0.635. The van der Waals surface area contributed by atoms with E-state index in [1.807, 2.05) is 31.2 Å². The smallest absolute Gasteiger partial charge is 0.152 e. The maximum atomic E-state index is 5.61. The molecule has 1 aromatic heterocycles. The van der Waals surface area contributed by atoms with Crippen LogP contribution in [0.5, 0.6) is 5.75 Å². The number of hydrogen-bond acceptors (Lipinski definition) is 2. The van der Waals surface area contributed by atoms with Crippen LogP contribution in [-0.2, 0) is 0 Å². The molecular weight excluding hydrogens is 186 g/mol. The SMILES string of the molecule is C=Cc1ccc2cccnc2c1OCC. The molecule has 15 heavy (non-hydrogen) atoms. The van der Waals surface area contributed by atoms with Crippen LogP contribution >= 0.6 is 0 Å². The maximum Gasteiger partial charge on any atom is 0.152 e. The molecule has 0 amide bonds. The lowest BCUT2D eigenvalue weighted by Gasteiger charge is -2.09. The van der Waals surface area contributed by atoms with Gasteiger partial charge in [-0.05, 0) is 13.0 Å². The molecule has 0 fully saturated rings. The number of ether oxygens (including phenoxy) is 1. The van der Waals surface area contributed by atoms with Gasteiger partial charge >= 0.3 is 0 Å². The first-order chi connectivity index (χ1) is 7.36. The maximum absolute atomic E-state index is 5.61. The van der Waals surface area contributed by atoms with Crippen LogP contribution in [0.25, 0.3) is 17.0 Å². The lowest BCUT2D eigenvalue weighted by molar-refractivity contribution is 0.343. The zero-order valence-electron chi connectivity index (χ0n) is 8.73. The van der Waals surface area contributed by atoms with Crippen molar-refractivity contribution < 1.29 is 4.74 Å². The van der Waals surface area contributed by atoms with E-state index in [0.29, 0.717) is 6.61 Å². The molecule has 2 heteroatoms. The summed E-state index contributed by atoms with van der Waals surface area (Å²) in [4.78, 5) is 4.34. The first-order valence-corrected chi connectivity index (χ1v) is 4.99. The summed E-state index contributed by atoms with van der Waals surface area (Å²) in [5.74, 6) is 0.825. The fourth-order valence-electron chi connectivity index (χ4n) is 1.59. The van der Waals surface area contributed by atoms with E-state index in [-0.39, 0.29) is 0 Å². The molecule has 2 aromatic rings. The third kappa shape index (κ3) is 1.71. The second-order valence-corrected chi connectivity index (χ2v) is 3.20. The Morgan fingerprint density at radius 1 is 1.40 bits per heavy atom. The zero-order chi connectivity index (χ0) is 10.7. The summed E-state index contributed by atoms with van der Waals surface area (Å²) in [5.41, 5.74) is 1.89. The monoisotopic (exact) mass is 199 g/mol. The van der Waals surface area contributed by atoms with Crippen molar-refractivity contribution in [3.63, 3.8) is 0 Å². The molecule has 2 rings (SSSR count). The first-order valence-electron chi connectivity index (χ1n) is 4.99. The van der Waals surface area contributed by atoms with E-state index in [4.69, 9.17) is 4.74 Å². The Morgan fingerprint density at radius 2 is 2.27 bits per heavy atom. The Hall–Kier alpha value is -1.83. The van der Waals surface area contributed by atoms with E-state index < -0.39 is 0 Å². The number of aromatic nitrogens is 1. The van der Waals surface area contributed by atoms with Crippen molar-refractivity contribution in [2.45, 2.75) is 6.92 Å². The molecule has 0 saturated carbocycles. The molecule has 1 heterocycles. The number of hydrogen-bond donors (Lipinski definition) is 0. The third-order valence-corrected chi connectivity index (χ3v) is 2.27. The molecule has 0 saturated heterocycles. The Kier molecular flexibility index (Phi) is 2.68. The van der Waals surface area contributed by atoms with Crippen LogP contribution < -0.4 is 4.74 Å². The second kappa shape index (κ2) is 4.13. The molecule has 0 N–H and O–H groups in total. The number of fused-ring (bicyclic) bond motifs is 1. The van der Waals surface area contributed by atoms with Crippen molar-refractivity contribution in [2.24, 2.45) is 0 Å². The Bertz CT molecular complexity index is 491. The summed E-state index contributed by atoms with van der Waals surface area (Å²) in [6.45, 7) is 6.38. The Morgan fingerprint density at radius 3 is 3.00 bits per heavy atom. The molecular formula is C13H13NO. The van der Waals surface area contributed by atoms with Gasteiger partial charge in [-0.3, -0.25) is 4.98 Å². The molecule has 0 bridgehead atoms. The van der Waals surface area contributed by atoms with Crippen LogP contribution in [0.15, 0.2) is 37.0 Å². The highest BCUT2D eigenvalue weighted by atomic mass is 16.5. The van der Waals surface area contributed by atoms with Gasteiger partial charge in [-0.25, -0.2) is 0 Å². The zero-order valence-corrected chi connectivity index (χ0v) is 8.73. The highest BCUT2D eigenvalue weighted by Gasteiger charge is 2.06. The summed E-state index contributed by atoms with van der Waals surface area (Å²) in [6.07, 6.45) is 3.57. The predicted octanol–water partition coefficient (Wildman–Crippen LogP) is 3.28. The van der Waals surface area contributed by atoms with Crippen molar-refractivity contribution in [3.05, 3.63) is 42.6 Å². The highest BCUT2D eigenvalue weighted by Crippen LogP contribution is 2.28. The molecule has 0 aliphatic heterocycles. The lowest BCUT2D eigenvalue weighted by atomic mass is 10.1. The number of rotatable bonds is 3. The van der Waals surface area contributed by atoms with Crippen molar-refractivity contribution in [1.29, 1.82) is 0 Å². The molecule has 0 aliphatic carbocycles. The van der Waals surface area contributed by atoms with Crippen LogP contribution in [-0.4, -0.2) is 11.6 Å². The van der Waals surface area contributed by atoms with Gasteiger partial charge in [0.05, 0.1) is 6.61 Å². The van der Waals surface area contributed by atoms with Gasteiger partial charge in [0.25, 0.3) is 0 Å². The van der Waals surface area contributed by atoms with Crippen LogP contribution in [0, 0.1) is 0 Å². The normalized spacial score (nSPS) is 10.2. The molecule has 0 atom stereocenters. The lowest BCUT2D eigenvalue weighted by Crippen LogP contribution is -1.96. The fourth-order valence-corrected chi connectivity index (χ4v) is 1.59. The summed E-state index contributed by atoms with van der Waals surface area (Å²) in [7, 11) is 0. The molecule has 76 valence electrons. The molecule has 0 spiro atoms. The van der Waals surface area contributed by atoms with Crippen molar-refractivity contribution >= 4 is 17.0 Å². The average Bonchev–Trinajstić information content (AvgIpc) is 2.30. The van der Waals surface area contributed by atoms with Crippen LogP contribution in [0.2, 0.25) is 0 Å². The summed E-state index contributed by atoms with van der Waals surface area (Å²) < 4.78 is 5.61. The van der Waals surface area contributed by atoms with E-state index in [0.717, 1.165) is 22.2 Å². The highest BCUT2D eigenvalue weighted by molar-refractivity contribution is 5.88. The number of pyridine rings is 1. The van der Waals surface area contributed by atoms with Gasteiger partial charge < -0.3 is 4.74 Å². The fraction of sp³-hybridized carbons (Fsp3) is 0.154. The van der Waals surface area contributed by atoms with E-state index in [9.17, 15) is 0 Å². The van der Waals surface area contributed by atoms with Gasteiger partial charge in [0.15, 0.2) is 5.75 Å². The minimum atomic E-state index is 0.635. The second-order valence-electron chi connectivity index (χ2n) is 3.20. The van der Waals surface area contributed by atoms with Crippen LogP contribution in [0.1, 0.15) is 12.5 Å². The van der Waals surface area contributed by atoms with Gasteiger partial charge in [0, 0.05) is 17.1 Å². The van der Waals surface area contributed by atoms with E-state index in [1.165, 1.54) is 0 Å². The summed E-state index contributed by atoms with van der Waals surface area (Å²) >= 11 is 0. The molecule has 0 aliphatic rings. The number of benzene rings is 1. The average molecular weight is 199 g/mol. The van der Waals surface area contributed by atoms with Gasteiger partial charge in [-0.1, -0.05) is 30.9 Å². The molecule has 0 unspecified atom stereocenters. The van der Waals surface area contributed by atoms with E-state index in [2.05, 4.69) is 11.6 Å². The van der Waals surface area contributed by atoms with Gasteiger partial charge in [0.2, 0.25) is 0 Å². The Labute approximate surface area is 89.2 Å². The van der Waals surface area contributed by atoms with E-state index in [1.54, 1.807) is 12.3 Å². The largest absolute Gasteiger partial charge is 0.491 e. The van der Waals surface area contributed by atoms with Gasteiger partial charge in [-0.2, -0.15) is 0 Å². The standard InChI is InChI=1S/C13H13NO/c1-3-10-7-8-11-6-5-9-14-12(11)13(10)15-4-2/h3,5-9H,1,4H2,2H3. The van der Waals surface area contributed by atoms with Crippen molar-refractivity contribution in [1.82, 2.24) is 4.98 Å². The van der Waals surface area contributed by atoms with Gasteiger partial charge in [0.1, 0.15) is 5.52 Å². The summed E-state index contributed by atoms with van der Waals surface area (Å²) in [5, 5.41) is 1.09.